The standard InChI is InChI=1S/C18H18N4O5/c1-10-4-5-13(11(2)8-10)19-16(23)9-21-17-14(27-12(3)18(21)24)6-7-15(20-17)22(25)26/h4-8,12H,9H2,1-3H3,(H,19,23). The van der Waals surface area contributed by atoms with Crippen molar-refractivity contribution in [3.8, 4) is 5.75 Å². The van der Waals surface area contributed by atoms with Gasteiger partial charge in [-0.15, -0.1) is 0 Å². The molecule has 3 rings (SSSR count). The van der Waals surface area contributed by atoms with E-state index in [1.165, 1.54) is 12.1 Å². The lowest BCUT2D eigenvalue weighted by Gasteiger charge is -2.28. The number of nitro groups is 1. The first-order valence-electron chi connectivity index (χ1n) is 8.27. The number of pyridine rings is 1. The van der Waals surface area contributed by atoms with Gasteiger partial charge < -0.3 is 20.2 Å². The van der Waals surface area contributed by atoms with Crippen LogP contribution in [0.15, 0.2) is 30.3 Å². The van der Waals surface area contributed by atoms with E-state index in [0.717, 1.165) is 16.0 Å². The fraction of sp³-hybridized carbons (Fsp3) is 0.278. The molecule has 0 aliphatic carbocycles. The maximum atomic E-state index is 12.5. The molecule has 1 N–H and O–H groups in total. The van der Waals surface area contributed by atoms with E-state index in [0.29, 0.717) is 5.69 Å². The average Bonchev–Trinajstić information content (AvgIpc) is 2.61. The Labute approximate surface area is 155 Å². The van der Waals surface area contributed by atoms with Crippen LogP contribution in [-0.2, 0) is 9.59 Å². The number of nitrogens with zero attached hydrogens (tertiary/aromatic N) is 3. The van der Waals surface area contributed by atoms with Gasteiger partial charge in [0.1, 0.15) is 6.54 Å². The molecule has 1 atom stereocenters. The van der Waals surface area contributed by atoms with E-state index < -0.39 is 28.7 Å². The van der Waals surface area contributed by atoms with Crippen molar-refractivity contribution in [1.29, 1.82) is 0 Å². The van der Waals surface area contributed by atoms with Crippen molar-refractivity contribution >= 4 is 29.1 Å². The zero-order valence-electron chi connectivity index (χ0n) is 15.1. The van der Waals surface area contributed by atoms with Crippen LogP contribution in [0.4, 0.5) is 17.3 Å². The molecule has 1 aliphatic rings. The molecule has 0 fully saturated rings. The average molecular weight is 370 g/mol. The van der Waals surface area contributed by atoms with E-state index in [1.807, 2.05) is 26.0 Å². The summed E-state index contributed by atoms with van der Waals surface area (Å²) in [6.07, 6.45) is -0.824. The smallest absolute Gasteiger partial charge is 0.366 e. The van der Waals surface area contributed by atoms with Crippen molar-refractivity contribution in [2.24, 2.45) is 0 Å². The first-order chi connectivity index (χ1) is 12.8. The Kier molecular flexibility index (Phi) is 4.76. The van der Waals surface area contributed by atoms with E-state index in [2.05, 4.69) is 10.3 Å². The van der Waals surface area contributed by atoms with Crippen LogP contribution in [0, 0.1) is 24.0 Å². The molecular weight excluding hydrogens is 352 g/mol. The van der Waals surface area contributed by atoms with E-state index in [4.69, 9.17) is 4.74 Å². The highest BCUT2D eigenvalue weighted by atomic mass is 16.6. The minimum absolute atomic E-state index is 0.0388. The van der Waals surface area contributed by atoms with Gasteiger partial charge in [-0.1, -0.05) is 17.7 Å². The number of aromatic nitrogens is 1. The lowest BCUT2D eigenvalue weighted by molar-refractivity contribution is -0.389. The van der Waals surface area contributed by atoms with Crippen LogP contribution < -0.4 is 15.0 Å². The summed E-state index contributed by atoms with van der Waals surface area (Å²) in [7, 11) is 0. The van der Waals surface area contributed by atoms with E-state index in [-0.39, 0.29) is 18.1 Å². The molecule has 1 aromatic carbocycles. The molecule has 9 nitrogen and oxygen atoms in total. The third kappa shape index (κ3) is 3.71. The number of rotatable bonds is 4. The van der Waals surface area contributed by atoms with Crippen molar-refractivity contribution in [3.63, 3.8) is 0 Å². The van der Waals surface area contributed by atoms with Crippen LogP contribution in [0.1, 0.15) is 18.1 Å². The first-order valence-corrected chi connectivity index (χ1v) is 8.27. The number of ether oxygens (including phenoxy) is 1. The fourth-order valence-electron chi connectivity index (χ4n) is 2.82. The number of hydrogen-bond donors (Lipinski definition) is 1. The molecule has 9 heteroatoms. The molecule has 2 aromatic rings. The number of nitrogens with one attached hydrogen (secondary N) is 1. The topological polar surface area (TPSA) is 115 Å². The van der Waals surface area contributed by atoms with Crippen LogP contribution in [0.2, 0.25) is 0 Å². The Balaban J connectivity index is 1.87. The number of anilines is 2. The lowest BCUT2D eigenvalue weighted by Crippen LogP contribution is -2.48. The van der Waals surface area contributed by atoms with Crippen molar-refractivity contribution in [3.05, 3.63) is 51.6 Å². The molecule has 1 aliphatic heterocycles. The molecule has 140 valence electrons. The molecule has 0 spiro atoms. The molecule has 1 aromatic heterocycles. The quantitative estimate of drug-likeness (QED) is 0.653. The Morgan fingerprint density at radius 1 is 1.33 bits per heavy atom. The summed E-state index contributed by atoms with van der Waals surface area (Å²) in [6.45, 7) is 5.02. The highest BCUT2D eigenvalue weighted by molar-refractivity contribution is 6.05. The lowest BCUT2D eigenvalue weighted by atomic mass is 10.1. The van der Waals surface area contributed by atoms with Crippen LogP contribution in [0.3, 0.4) is 0 Å². The third-order valence-corrected chi connectivity index (χ3v) is 4.14. The van der Waals surface area contributed by atoms with Gasteiger partial charge in [0, 0.05) is 11.8 Å². The van der Waals surface area contributed by atoms with Gasteiger partial charge in [0.2, 0.25) is 5.91 Å². The SMILES string of the molecule is Cc1ccc(NC(=O)CN2C(=O)C(C)Oc3ccc([N+](=O)[O-])nc32)c(C)c1. The number of carbonyl (C=O) groups is 2. The molecule has 2 heterocycles. The van der Waals surface area contributed by atoms with Gasteiger partial charge in [0.25, 0.3) is 11.7 Å². The Hall–Kier alpha value is -3.49. The second-order valence-corrected chi connectivity index (χ2v) is 6.30. The van der Waals surface area contributed by atoms with Crippen LogP contribution in [0.25, 0.3) is 0 Å². The molecule has 27 heavy (non-hydrogen) atoms. The molecule has 1 unspecified atom stereocenters. The largest absolute Gasteiger partial charge is 0.475 e. The zero-order chi connectivity index (χ0) is 19.7. The number of hydrogen-bond acceptors (Lipinski definition) is 6. The van der Waals surface area contributed by atoms with Gasteiger partial charge in [-0.05, 0) is 48.4 Å². The van der Waals surface area contributed by atoms with Crippen molar-refractivity contribution in [2.75, 3.05) is 16.8 Å². The van der Waals surface area contributed by atoms with Gasteiger partial charge in [0.15, 0.2) is 11.9 Å². The van der Waals surface area contributed by atoms with Gasteiger partial charge >= 0.3 is 5.82 Å². The fourth-order valence-corrected chi connectivity index (χ4v) is 2.82. The summed E-state index contributed by atoms with van der Waals surface area (Å²) in [5.41, 5.74) is 2.58. The van der Waals surface area contributed by atoms with Crippen LogP contribution >= 0.6 is 0 Å². The second kappa shape index (κ2) is 7.02. The van der Waals surface area contributed by atoms with Gasteiger partial charge in [-0.3, -0.25) is 14.5 Å². The molecular formula is C18H18N4O5. The molecule has 2 amide bonds. The van der Waals surface area contributed by atoms with Crippen LogP contribution in [0.5, 0.6) is 5.75 Å². The monoisotopic (exact) mass is 370 g/mol. The third-order valence-electron chi connectivity index (χ3n) is 4.14. The Morgan fingerprint density at radius 2 is 2.07 bits per heavy atom. The predicted octanol–water partition coefficient (Wildman–Crippen LogP) is 2.36. The Morgan fingerprint density at radius 3 is 2.74 bits per heavy atom. The second-order valence-electron chi connectivity index (χ2n) is 6.30. The number of aryl methyl sites for hydroxylation is 2. The molecule has 0 saturated heterocycles. The summed E-state index contributed by atoms with van der Waals surface area (Å²) < 4.78 is 5.43. The van der Waals surface area contributed by atoms with Gasteiger partial charge in [-0.2, -0.15) is 0 Å². The van der Waals surface area contributed by atoms with Gasteiger partial charge in [0.05, 0.1) is 0 Å². The maximum absolute atomic E-state index is 12.5. The van der Waals surface area contributed by atoms with Crippen molar-refractivity contribution in [2.45, 2.75) is 26.9 Å². The van der Waals surface area contributed by atoms with Crippen LogP contribution in [-0.4, -0.2) is 34.4 Å². The number of benzene rings is 1. The maximum Gasteiger partial charge on any atom is 0.366 e. The summed E-state index contributed by atoms with van der Waals surface area (Å²) in [4.78, 5) is 40.3. The van der Waals surface area contributed by atoms with Crippen molar-refractivity contribution in [1.82, 2.24) is 4.98 Å². The van der Waals surface area contributed by atoms with E-state index in [9.17, 15) is 19.7 Å². The van der Waals surface area contributed by atoms with Gasteiger partial charge in [-0.25, -0.2) is 0 Å². The normalized spacial score (nSPS) is 15.7. The molecule has 0 saturated carbocycles. The van der Waals surface area contributed by atoms with E-state index >= 15 is 0 Å². The summed E-state index contributed by atoms with van der Waals surface area (Å²) in [6, 6.07) is 8.14. The predicted molar refractivity (Wildman–Crippen MR) is 97.9 cm³/mol. The molecule has 0 bridgehead atoms. The number of carbonyl (C=O) groups excluding carboxylic acids is 2. The van der Waals surface area contributed by atoms with Crippen molar-refractivity contribution < 1.29 is 19.2 Å². The zero-order valence-corrected chi connectivity index (χ0v) is 15.1. The number of amides is 2. The summed E-state index contributed by atoms with van der Waals surface area (Å²) in [5.74, 6) is -1.19. The highest BCUT2D eigenvalue weighted by Crippen LogP contribution is 2.33. The minimum Gasteiger partial charge on any atom is -0.475 e. The summed E-state index contributed by atoms with van der Waals surface area (Å²) >= 11 is 0. The molecule has 0 radical (unpaired) electrons. The highest BCUT2D eigenvalue weighted by Gasteiger charge is 2.37. The summed E-state index contributed by atoms with van der Waals surface area (Å²) in [5, 5.41) is 13.7. The Bertz CT molecular complexity index is 943. The first kappa shape index (κ1) is 18.3. The minimum atomic E-state index is -0.824. The van der Waals surface area contributed by atoms with E-state index in [1.54, 1.807) is 13.0 Å². The number of fused-ring (bicyclic) bond motifs is 1.